The molecule has 0 radical (unpaired) electrons. The van der Waals surface area contributed by atoms with Gasteiger partial charge in [-0.25, -0.2) is 0 Å². The van der Waals surface area contributed by atoms with Gasteiger partial charge in [0.25, 0.3) is 0 Å². The summed E-state index contributed by atoms with van der Waals surface area (Å²) >= 11 is 0. The van der Waals surface area contributed by atoms with Crippen LogP contribution in [0.2, 0.25) is 0 Å². The Morgan fingerprint density at radius 1 is 0.933 bits per heavy atom. The molecule has 2 rings (SSSR count). The van der Waals surface area contributed by atoms with E-state index in [9.17, 15) is 0 Å². The largest absolute Gasteiger partial charge is 1.00 e. The van der Waals surface area contributed by atoms with Gasteiger partial charge in [0.1, 0.15) is 0 Å². The monoisotopic (exact) mass is 407 g/mol. The molecule has 2 aromatic carbocycles. The molecule has 0 bridgehead atoms. The van der Waals surface area contributed by atoms with Crippen LogP contribution < -0.4 is 24.8 Å². The number of hydrogen-bond acceptors (Lipinski definition) is 0. The summed E-state index contributed by atoms with van der Waals surface area (Å²) in [6, 6.07) is 8.91. The quantitative estimate of drug-likeness (QED) is 0.335. The summed E-state index contributed by atoms with van der Waals surface area (Å²) in [7, 11) is 0. The van der Waals surface area contributed by atoms with Crippen LogP contribution in [0.1, 0.15) is 16.7 Å². The van der Waals surface area contributed by atoms with Crippen LogP contribution in [-0.4, -0.2) is 0 Å². The second kappa shape index (κ2) is 6.78. The molecular formula is C12H13Cl2Hf-3. The van der Waals surface area contributed by atoms with Gasteiger partial charge >= 0.3 is 0 Å². The molecule has 0 aromatic heterocycles. The number of fused-ring (bicyclic) bond motifs is 1. The normalized spacial score (nSPS) is 8.73. The van der Waals surface area contributed by atoms with E-state index in [2.05, 4.69) is 45.0 Å². The maximum absolute atomic E-state index is 2.26. The Morgan fingerprint density at radius 2 is 1.47 bits per heavy atom. The molecule has 3 heteroatoms. The maximum Gasteiger partial charge on any atom is 0 e. The number of benzene rings is 1. The van der Waals surface area contributed by atoms with E-state index in [1.807, 2.05) is 0 Å². The third-order valence-corrected chi connectivity index (χ3v) is 2.47. The van der Waals surface area contributed by atoms with Gasteiger partial charge in [-0.2, -0.15) is 6.07 Å². The van der Waals surface area contributed by atoms with E-state index < -0.39 is 0 Å². The van der Waals surface area contributed by atoms with Gasteiger partial charge < -0.3 is 24.8 Å². The van der Waals surface area contributed by atoms with Crippen molar-refractivity contribution in [2.24, 2.45) is 0 Å². The van der Waals surface area contributed by atoms with E-state index in [1.165, 1.54) is 27.5 Å². The Bertz CT molecular complexity index is 393. The third kappa shape index (κ3) is 3.37. The van der Waals surface area contributed by atoms with Gasteiger partial charge in [0.15, 0.2) is 0 Å². The van der Waals surface area contributed by atoms with E-state index >= 15 is 0 Å². The summed E-state index contributed by atoms with van der Waals surface area (Å²) in [5.41, 5.74) is 4.12. The van der Waals surface area contributed by atoms with Crippen molar-refractivity contribution in [3.8, 4) is 0 Å². The summed E-state index contributed by atoms with van der Waals surface area (Å²) in [5, 5.41) is 2.82. The van der Waals surface area contributed by atoms with Gasteiger partial charge in [0.05, 0.1) is 0 Å². The van der Waals surface area contributed by atoms with E-state index in [0.29, 0.717) is 0 Å². The maximum atomic E-state index is 2.26. The van der Waals surface area contributed by atoms with Crippen LogP contribution >= 0.6 is 0 Å². The molecule has 0 saturated carbocycles. The molecule has 0 aliphatic rings. The molecule has 0 aliphatic carbocycles. The zero-order valence-corrected chi connectivity index (χ0v) is 14.2. The Morgan fingerprint density at radius 3 is 2.00 bits per heavy atom. The Hall–Kier alpha value is 0.280. The van der Waals surface area contributed by atoms with Gasteiger partial charge in [0, 0.05) is 25.8 Å². The van der Waals surface area contributed by atoms with Gasteiger partial charge in [-0.15, -0.1) is 34.0 Å². The minimum Gasteiger partial charge on any atom is -1.00 e. The molecule has 15 heavy (non-hydrogen) atoms. The SMILES string of the molecule is Cc1cc2c(C)ccc(C)c2[cH-]1.[Cl-].[Cl-].[Hf]. The van der Waals surface area contributed by atoms with E-state index in [4.69, 9.17) is 0 Å². The topological polar surface area (TPSA) is 0 Å². The van der Waals surface area contributed by atoms with Gasteiger partial charge in [-0.1, -0.05) is 25.5 Å². The van der Waals surface area contributed by atoms with Crippen molar-refractivity contribution < 1.29 is 50.7 Å². The molecule has 0 amide bonds. The van der Waals surface area contributed by atoms with E-state index in [-0.39, 0.29) is 50.7 Å². The average Bonchev–Trinajstić information content (AvgIpc) is 2.41. The van der Waals surface area contributed by atoms with Crippen LogP contribution in [0.25, 0.3) is 10.8 Å². The predicted molar refractivity (Wildman–Crippen MR) is 53.8 cm³/mol. The van der Waals surface area contributed by atoms with Crippen LogP contribution in [0, 0.1) is 20.8 Å². The smallest absolute Gasteiger partial charge is 0 e. The zero-order chi connectivity index (χ0) is 8.72. The first-order valence-corrected chi connectivity index (χ1v) is 4.32. The first kappa shape index (κ1) is 17.7. The molecule has 82 valence electrons. The van der Waals surface area contributed by atoms with Crippen molar-refractivity contribution in [2.75, 3.05) is 0 Å². The van der Waals surface area contributed by atoms with Crippen LogP contribution in [0.5, 0.6) is 0 Å². The summed E-state index contributed by atoms with van der Waals surface area (Å²) in [6.07, 6.45) is 0. The summed E-state index contributed by atoms with van der Waals surface area (Å²) in [4.78, 5) is 0. The van der Waals surface area contributed by atoms with Crippen LogP contribution in [0.4, 0.5) is 0 Å². The Kier molecular flexibility index (Phi) is 7.98. The van der Waals surface area contributed by atoms with E-state index in [1.54, 1.807) is 0 Å². The molecule has 0 aliphatic heterocycles. The fraction of sp³-hybridized carbons (Fsp3) is 0.250. The minimum atomic E-state index is 0. The number of rotatable bonds is 0. The number of hydrogen-bond donors (Lipinski definition) is 0. The van der Waals surface area contributed by atoms with Crippen molar-refractivity contribution in [1.29, 1.82) is 0 Å². The fourth-order valence-electron chi connectivity index (χ4n) is 1.73. The van der Waals surface area contributed by atoms with Crippen molar-refractivity contribution in [3.63, 3.8) is 0 Å². The molecule has 0 unspecified atom stereocenters. The summed E-state index contributed by atoms with van der Waals surface area (Å²) in [5.74, 6) is 0. The third-order valence-electron chi connectivity index (χ3n) is 2.47. The zero-order valence-electron chi connectivity index (χ0n) is 9.07. The van der Waals surface area contributed by atoms with Crippen LogP contribution in [0.15, 0.2) is 24.3 Å². The molecule has 0 saturated heterocycles. The fourth-order valence-corrected chi connectivity index (χ4v) is 1.73. The van der Waals surface area contributed by atoms with E-state index in [0.717, 1.165) is 0 Å². The van der Waals surface area contributed by atoms with Gasteiger partial charge in [-0.05, 0) is 6.92 Å². The number of halogens is 2. The molecule has 0 N–H and O–H groups in total. The molecule has 0 spiro atoms. The standard InChI is InChI=1S/C12H13.2ClH.Hf/c1-8-6-11-9(2)4-5-10(3)12(11)7-8;;;/h4-7H,1-3H3;2*1H;/q-1;;;/p-2. The van der Waals surface area contributed by atoms with Crippen molar-refractivity contribution in [3.05, 3.63) is 41.0 Å². The Balaban J connectivity index is 0. The van der Waals surface area contributed by atoms with Gasteiger partial charge in [0.2, 0.25) is 0 Å². The van der Waals surface area contributed by atoms with Crippen molar-refractivity contribution in [1.82, 2.24) is 0 Å². The molecule has 0 heterocycles. The molecular weight excluding hydrogens is 394 g/mol. The van der Waals surface area contributed by atoms with Gasteiger partial charge in [-0.3, -0.25) is 0 Å². The van der Waals surface area contributed by atoms with Crippen molar-refractivity contribution in [2.45, 2.75) is 20.8 Å². The van der Waals surface area contributed by atoms with Crippen molar-refractivity contribution >= 4 is 10.8 Å². The molecule has 0 fully saturated rings. The predicted octanol–water partition coefficient (Wildman–Crippen LogP) is -2.51. The number of aryl methyl sites for hydroxylation is 3. The molecule has 2 aromatic rings. The second-order valence-electron chi connectivity index (χ2n) is 3.56. The Labute approximate surface area is 122 Å². The first-order chi connectivity index (χ1) is 5.68. The second-order valence-corrected chi connectivity index (χ2v) is 3.56. The van der Waals surface area contributed by atoms with Crippen LogP contribution in [-0.2, 0) is 25.8 Å². The summed E-state index contributed by atoms with van der Waals surface area (Å²) in [6.45, 7) is 6.49. The first-order valence-electron chi connectivity index (χ1n) is 4.32. The average molecular weight is 407 g/mol. The van der Waals surface area contributed by atoms with Crippen LogP contribution in [0.3, 0.4) is 0 Å². The molecule has 0 nitrogen and oxygen atoms in total. The summed E-state index contributed by atoms with van der Waals surface area (Å²) < 4.78 is 0. The minimum absolute atomic E-state index is 0. The molecule has 0 atom stereocenters.